The molecule has 0 saturated carbocycles. The summed E-state index contributed by atoms with van der Waals surface area (Å²) < 4.78 is -1.69. The van der Waals surface area contributed by atoms with Gasteiger partial charge in [0, 0.05) is 17.1 Å². The fourth-order valence-electron chi connectivity index (χ4n) is 3.83. The van der Waals surface area contributed by atoms with Crippen molar-refractivity contribution in [1.82, 2.24) is 5.32 Å². The normalized spacial score (nSPS) is 12.5. The van der Waals surface area contributed by atoms with Crippen molar-refractivity contribution in [2.45, 2.75) is 120 Å². The van der Waals surface area contributed by atoms with Crippen molar-refractivity contribution in [3.8, 4) is 0 Å². The molecule has 0 saturated heterocycles. The second kappa shape index (κ2) is 18.9. The number of hydrogen-bond donors (Lipinski definition) is 2. The number of unbranched alkanes of at least 4 members (excludes halogenated alkanes) is 14. The zero-order chi connectivity index (χ0) is 24.4. The van der Waals surface area contributed by atoms with E-state index in [0.717, 1.165) is 12.8 Å². The quantitative estimate of drug-likeness (QED) is 0.104. The minimum atomic E-state index is -1.69. The maximum absolute atomic E-state index is 12.3. The molecular weight excluding hydrogens is 498 g/mol. The van der Waals surface area contributed by atoms with E-state index in [2.05, 4.69) is 17.6 Å². The van der Waals surface area contributed by atoms with E-state index in [0.29, 0.717) is 17.1 Å². The highest BCUT2D eigenvalue weighted by atomic mass is 35.6. The summed E-state index contributed by atoms with van der Waals surface area (Å²) in [6.07, 6.45) is 19.0. The Kier molecular flexibility index (Phi) is 17.6. The first-order valence-electron chi connectivity index (χ1n) is 12.7. The molecule has 0 radical (unpaired) electrons. The van der Waals surface area contributed by atoms with Gasteiger partial charge in [-0.1, -0.05) is 149 Å². The SMILES string of the molecule is CCCCCCCCCCCCCCCCCC(=O)N[C@H](Nc1cccc(Cl)c1)C(Cl)(Cl)Cl. The van der Waals surface area contributed by atoms with E-state index < -0.39 is 9.96 Å². The van der Waals surface area contributed by atoms with Crippen molar-refractivity contribution in [3.05, 3.63) is 29.3 Å². The second-order valence-electron chi connectivity index (χ2n) is 8.90. The van der Waals surface area contributed by atoms with E-state index in [9.17, 15) is 4.79 Å². The van der Waals surface area contributed by atoms with Gasteiger partial charge in [-0.2, -0.15) is 0 Å². The van der Waals surface area contributed by atoms with Gasteiger partial charge >= 0.3 is 0 Å². The number of rotatable bonds is 19. The van der Waals surface area contributed by atoms with Gasteiger partial charge in [-0.3, -0.25) is 4.79 Å². The third kappa shape index (κ3) is 16.8. The van der Waals surface area contributed by atoms with Crippen molar-refractivity contribution in [3.63, 3.8) is 0 Å². The zero-order valence-corrected chi connectivity index (χ0v) is 23.1. The van der Waals surface area contributed by atoms with Gasteiger partial charge in [0.2, 0.25) is 9.70 Å². The van der Waals surface area contributed by atoms with Crippen molar-refractivity contribution in [1.29, 1.82) is 0 Å². The highest BCUT2D eigenvalue weighted by Crippen LogP contribution is 2.31. The summed E-state index contributed by atoms with van der Waals surface area (Å²) in [6.45, 7) is 2.27. The van der Waals surface area contributed by atoms with E-state index in [-0.39, 0.29) is 5.91 Å². The lowest BCUT2D eigenvalue weighted by Crippen LogP contribution is -2.49. The monoisotopic (exact) mass is 538 g/mol. The second-order valence-corrected chi connectivity index (χ2v) is 11.7. The molecule has 1 rings (SSSR count). The van der Waals surface area contributed by atoms with Crippen LogP contribution in [0.25, 0.3) is 0 Å². The number of nitrogens with one attached hydrogen (secondary N) is 2. The molecule has 3 nitrogen and oxygen atoms in total. The number of hydrogen-bond acceptors (Lipinski definition) is 2. The van der Waals surface area contributed by atoms with Crippen molar-refractivity contribution in [2.24, 2.45) is 0 Å². The van der Waals surface area contributed by atoms with E-state index in [1.165, 1.54) is 83.5 Å². The minimum absolute atomic E-state index is 0.129. The van der Waals surface area contributed by atoms with Gasteiger partial charge in [0.25, 0.3) is 0 Å². The van der Waals surface area contributed by atoms with E-state index in [1.54, 1.807) is 24.3 Å². The molecule has 0 spiro atoms. The van der Waals surface area contributed by atoms with Crippen LogP contribution in [0.1, 0.15) is 110 Å². The molecule has 1 aromatic carbocycles. The van der Waals surface area contributed by atoms with Crippen LogP contribution in [-0.2, 0) is 4.79 Å². The summed E-state index contributed by atoms with van der Waals surface area (Å²) in [5.74, 6) is -0.129. The lowest BCUT2D eigenvalue weighted by atomic mass is 10.0. The number of halogens is 4. The third-order valence-electron chi connectivity index (χ3n) is 5.78. The van der Waals surface area contributed by atoms with Crippen LogP contribution in [0.5, 0.6) is 0 Å². The average Bonchev–Trinajstić information content (AvgIpc) is 2.75. The molecule has 7 heteroatoms. The van der Waals surface area contributed by atoms with E-state index in [1.807, 2.05) is 0 Å². The Morgan fingerprint density at radius 3 is 1.76 bits per heavy atom. The average molecular weight is 540 g/mol. The van der Waals surface area contributed by atoms with Crippen molar-refractivity contribution in [2.75, 3.05) is 5.32 Å². The van der Waals surface area contributed by atoms with E-state index >= 15 is 0 Å². The van der Waals surface area contributed by atoms with Crippen LogP contribution in [0.3, 0.4) is 0 Å². The first kappa shape index (κ1) is 30.7. The highest BCUT2D eigenvalue weighted by molar-refractivity contribution is 6.68. The smallest absolute Gasteiger partial charge is 0.228 e. The van der Waals surface area contributed by atoms with Crippen LogP contribution >= 0.6 is 46.4 Å². The molecule has 0 unspecified atom stereocenters. The molecule has 0 aliphatic rings. The lowest BCUT2D eigenvalue weighted by molar-refractivity contribution is -0.121. The third-order valence-corrected chi connectivity index (χ3v) is 6.67. The molecule has 1 atom stereocenters. The molecule has 33 heavy (non-hydrogen) atoms. The summed E-state index contributed by atoms with van der Waals surface area (Å²) in [7, 11) is 0. The van der Waals surface area contributed by atoms with Gasteiger partial charge in [-0.25, -0.2) is 0 Å². The maximum Gasteiger partial charge on any atom is 0.228 e. The predicted octanol–water partition coefficient (Wildman–Crippen LogP) is 9.83. The van der Waals surface area contributed by atoms with Gasteiger partial charge in [-0.05, 0) is 24.6 Å². The number of carbonyl (C=O) groups is 1. The fourth-order valence-corrected chi connectivity index (χ4v) is 4.35. The number of benzene rings is 1. The summed E-state index contributed by atoms with van der Waals surface area (Å²) in [4.78, 5) is 12.3. The van der Waals surface area contributed by atoms with Crippen LogP contribution in [0.15, 0.2) is 24.3 Å². The molecule has 0 fully saturated rings. The lowest BCUT2D eigenvalue weighted by Gasteiger charge is -2.27. The number of amides is 1. The van der Waals surface area contributed by atoms with Gasteiger partial charge in [0.15, 0.2) is 0 Å². The summed E-state index contributed by atoms with van der Waals surface area (Å²) in [6, 6.07) is 7.06. The number of alkyl halides is 3. The van der Waals surface area contributed by atoms with E-state index in [4.69, 9.17) is 46.4 Å². The Bertz CT molecular complexity index is 637. The van der Waals surface area contributed by atoms with Gasteiger partial charge < -0.3 is 10.6 Å². The molecule has 0 aliphatic heterocycles. The van der Waals surface area contributed by atoms with Crippen LogP contribution < -0.4 is 10.6 Å². The summed E-state index contributed by atoms with van der Waals surface area (Å²) >= 11 is 24.2. The largest absolute Gasteiger partial charge is 0.362 e. The van der Waals surface area contributed by atoms with Gasteiger partial charge in [0.05, 0.1) is 0 Å². The van der Waals surface area contributed by atoms with Gasteiger partial charge in [0.1, 0.15) is 6.17 Å². The molecule has 190 valence electrons. The molecule has 1 aromatic rings. The molecule has 2 N–H and O–H groups in total. The van der Waals surface area contributed by atoms with Crippen molar-refractivity contribution < 1.29 is 4.79 Å². The molecular formula is C26H42Cl4N2O. The first-order chi connectivity index (χ1) is 15.8. The van der Waals surface area contributed by atoms with Crippen LogP contribution in [0.4, 0.5) is 5.69 Å². The summed E-state index contributed by atoms with van der Waals surface area (Å²) in [5, 5.41) is 6.38. The minimum Gasteiger partial charge on any atom is -0.362 e. The predicted molar refractivity (Wildman–Crippen MR) is 147 cm³/mol. The molecule has 0 heterocycles. The highest BCUT2D eigenvalue weighted by Gasteiger charge is 2.33. The fraction of sp³-hybridized carbons (Fsp3) is 0.731. The molecule has 0 bridgehead atoms. The molecule has 0 aromatic heterocycles. The van der Waals surface area contributed by atoms with Crippen LogP contribution in [-0.4, -0.2) is 15.9 Å². The van der Waals surface area contributed by atoms with Crippen LogP contribution in [0.2, 0.25) is 5.02 Å². The zero-order valence-electron chi connectivity index (χ0n) is 20.1. The van der Waals surface area contributed by atoms with Crippen molar-refractivity contribution >= 4 is 58.0 Å². The molecule has 1 amide bonds. The number of carbonyl (C=O) groups excluding carboxylic acids is 1. The summed E-state index contributed by atoms with van der Waals surface area (Å²) in [5.41, 5.74) is 0.672. The topological polar surface area (TPSA) is 41.1 Å². The Balaban J connectivity index is 2.06. The van der Waals surface area contributed by atoms with Crippen LogP contribution in [0, 0.1) is 0 Å². The Hall–Kier alpha value is -0.350. The first-order valence-corrected chi connectivity index (χ1v) is 14.2. The molecule has 0 aliphatic carbocycles. The standard InChI is InChI=1S/C26H42Cl4N2O/c1-2-3-4-5-6-7-8-9-10-11-12-13-14-15-16-20-24(33)32-25(26(28,29)30)31-23-19-17-18-22(27)21-23/h17-19,21,25,31H,2-16,20H2,1H3,(H,32,33)/t25-/m0/s1. The Morgan fingerprint density at radius 2 is 1.30 bits per heavy atom. The number of anilines is 1. The van der Waals surface area contributed by atoms with Gasteiger partial charge in [-0.15, -0.1) is 0 Å². The Morgan fingerprint density at radius 1 is 0.818 bits per heavy atom. The maximum atomic E-state index is 12.3. The Labute approximate surface area is 221 Å².